The van der Waals surface area contributed by atoms with E-state index >= 15 is 0 Å². The van der Waals surface area contributed by atoms with Crippen molar-refractivity contribution in [2.45, 2.75) is 25.8 Å². The van der Waals surface area contributed by atoms with E-state index in [4.69, 9.17) is 4.74 Å². The van der Waals surface area contributed by atoms with Crippen LogP contribution in [0.1, 0.15) is 29.0 Å². The third-order valence-corrected chi connectivity index (χ3v) is 6.06. The maximum atomic E-state index is 13.7. The van der Waals surface area contributed by atoms with Gasteiger partial charge in [-0.3, -0.25) is 9.69 Å². The molecule has 1 heterocycles. The van der Waals surface area contributed by atoms with Gasteiger partial charge in [0.2, 0.25) is 5.91 Å². The third kappa shape index (κ3) is 5.54. The summed E-state index contributed by atoms with van der Waals surface area (Å²) < 4.78 is 18.9. The minimum Gasteiger partial charge on any atom is -0.497 e. The second kappa shape index (κ2) is 9.96. The van der Waals surface area contributed by atoms with E-state index < -0.39 is 0 Å². The summed E-state index contributed by atoms with van der Waals surface area (Å²) in [5, 5.41) is 3.06. The fraction of sp³-hybridized carbons (Fsp3) is 0.296. The van der Waals surface area contributed by atoms with Gasteiger partial charge in [0.15, 0.2) is 0 Å². The number of anilines is 1. The summed E-state index contributed by atoms with van der Waals surface area (Å²) in [4.78, 5) is 15.5. The minimum atomic E-state index is -0.233. The van der Waals surface area contributed by atoms with Crippen LogP contribution in [0.2, 0.25) is 0 Å². The van der Waals surface area contributed by atoms with E-state index in [0.29, 0.717) is 13.1 Å². The van der Waals surface area contributed by atoms with E-state index in [1.165, 1.54) is 17.2 Å². The lowest BCUT2D eigenvalue weighted by atomic mass is 9.83. The molecule has 2 unspecified atom stereocenters. The molecular weight excluding hydrogens is 403 g/mol. The number of benzene rings is 3. The maximum Gasteiger partial charge on any atom is 0.228 e. The van der Waals surface area contributed by atoms with Crippen LogP contribution in [0.5, 0.6) is 5.75 Å². The normalized spacial score (nSPS) is 18.8. The van der Waals surface area contributed by atoms with Crippen LogP contribution in [-0.2, 0) is 11.3 Å². The lowest BCUT2D eigenvalue weighted by molar-refractivity contribution is -0.121. The van der Waals surface area contributed by atoms with Crippen LogP contribution >= 0.6 is 0 Å². The predicted molar refractivity (Wildman–Crippen MR) is 125 cm³/mol. The molecule has 4 nitrogen and oxygen atoms in total. The average Bonchev–Trinajstić information content (AvgIpc) is 2.79. The van der Waals surface area contributed by atoms with Crippen molar-refractivity contribution in [3.05, 3.63) is 95.3 Å². The molecule has 1 fully saturated rings. The molecule has 1 amide bonds. The second-order valence-electron chi connectivity index (χ2n) is 8.59. The van der Waals surface area contributed by atoms with Gasteiger partial charge in [0, 0.05) is 25.3 Å². The van der Waals surface area contributed by atoms with E-state index in [9.17, 15) is 9.18 Å². The van der Waals surface area contributed by atoms with Crippen molar-refractivity contribution in [3.63, 3.8) is 0 Å². The van der Waals surface area contributed by atoms with E-state index in [2.05, 4.69) is 41.4 Å². The van der Waals surface area contributed by atoms with E-state index in [1.54, 1.807) is 19.2 Å². The number of amides is 1. The van der Waals surface area contributed by atoms with Gasteiger partial charge < -0.3 is 10.1 Å². The Balaban J connectivity index is 1.53. The molecule has 0 aliphatic carbocycles. The lowest BCUT2D eigenvalue weighted by Gasteiger charge is -2.37. The fourth-order valence-corrected chi connectivity index (χ4v) is 4.49. The Hall–Kier alpha value is -3.18. The number of carbonyl (C=O) groups is 1. The predicted octanol–water partition coefficient (Wildman–Crippen LogP) is 5.39. The van der Waals surface area contributed by atoms with Crippen molar-refractivity contribution in [3.8, 4) is 5.75 Å². The number of rotatable bonds is 6. The molecule has 1 aliphatic rings. The van der Waals surface area contributed by atoms with Crippen molar-refractivity contribution in [1.82, 2.24) is 4.90 Å². The van der Waals surface area contributed by atoms with Gasteiger partial charge in [0.05, 0.1) is 13.0 Å². The molecule has 166 valence electrons. The van der Waals surface area contributed by atoms with Crippen LogP contribution in [0.25, 0.3) is 0 Å². The molecule has 3 aromatic carbocycles. The number of hydrogen-bond donors (Lipinski definition) is 1. The number of nitrogens with one attached hydrogen (secondary N) is 1. The third-order valence-electron chi connectivity index (χ3n) is 6.06. The first kappa shape index (κ1) is 22.0. The Morgan fingerprint density at radius 3 is 2.56 bits per heavy atom. The molecule has 0 radical (unpaired) electrons. The largest absolute Gasteiger partial charge is 0.497 e. The zero-order valence-electron chi connectivity index (χ0n) is 18.6. The molecule has 1 N–H and O–H groups in total. The summed E-state index contributed by atoms with van der Waals surface area (Å²) in [7, 11) is 1.62. The van der Waals surface area contributed by atoms with Crippen molar-refractivity contribution >= 4 is 11.6 Å². The molecule has 0 bridgehead atoms. The summed E-state index contributed by atoms with van der Waals surface area (Å²) in [6.45, 7) is 4.18. The number of carbonyl (C=O) groups excluding carboxylic acids is 1. The average molecular weight is 433 g/mol. The Labute approximate surface area is 189 Å². The van der Waals surface area contributed by atoms with Gasteiger partial charge in [-0.15, -0.1) is 0 Å². The van der Waals surface area contributed by atoms with Gasteiger partial charge in [-0.2, -0.15) is 0 Å². The van der Waals surface area contributed by atoms with E-state index in [0.717, 1.165) is 30.0 Å². The molecule has 5 heteroatoms. The molecule has 3 aromatic rings. The molecule has 32 heavy (non-hydrogen) atoms. The standard InChI is InChI=1S/C27H29FN2O2/c1-19-5-3-7-21(13-19)22-15-23(27(31)29-25-9-11-26(32-2)12-10-25)18-30(17-22)16-20-6-4-8-24(28)14-20/h3-14,22-23H,15-18H2,1-2H3,(H,29,31). The number of nitrogens with zero attached hydrogens (tertiary/aromatic N) is 1. The highest BCUT2D eigenvalue weighted by molar-refractivity contribution is 5.92. The zero-order chi connectivity index (χ0) is 22.5. The van der Waals surface area contributed by atoms with Gasteiger partial charge in [0.25, 0.3) is 0 Å². The highest BCUT2D eigenvalue weighted by atomic mass is 19.1. The van der Waals surface area contributed by atoms with E-state index in [-0.39, 0.29) is 23.6 Å². The van der Waals surface area contributed by atoms with Crippen LogP contribution in [-0.4, -0.2) is 31.0 Å². The summed E-state index contributed by atoms with van der Waals surface area (Å²) in [6.07, 6.45) is 0.783. The number of likely N-dealkylation sites (tertiary alicyclic amines) is 1. The van der Waals surface area contributed by atoms with Crippen molar-refractivity contribution in [1.29, 1.82) is 0 Å². The van der Waals surface area contributed by atoms with Gasteiger partial charge >= 0.3 is 0 Å². The Morgan fingerprint density at radius 1 is 1.06 bits per heavy atom. The van der Waals surface area contributed by atoms with Crippen LogP contribution in [0.4, 0.5) is 10.1 Å². The van der Waals surface area contributed by atoms with Crippen molar-refractivity contribution in [2.75, 3.05) is 25.5 Å². The SMILES string of the molecule is COc1ccc(NC(=O)C2CC(c3cccc(C)c3)CN(Cc3cccc(F)c3)C2)cc1. The number of ether oxygens (including phenoxy) is 1. The number of methoxy groups -OCH3 is 1. The first-order valence-corrected chi connectivity index (χ1v) is 11.0. The molecule has 1 aliphatic heterocycles. The maximum absolute atomic E-state index is 13.7. The summed E-state index contributed by atoms with van der Waals surface area (Å²) in [6, 6.07) is 22.6. The number of aryl methyl sites for hydroxylation is 1. The molecule has 4 rings (SSSR count). The topological polar surface area (TPSA) is 41.6 Å². The summed E-state index contributed by atoms with van der Waals surface area (Å²) >= 11 is 0. The second-order valence-corrected chi connectivity index (χ2v) is 8.59. The van der Waals surface area contributed by atoms with Crippen LogP contribution in [0, 0.1) is 18.7 Å². The smallest absolute Gasteiger partial charge is 0.228 e. The molecule has 0 spiro atoms. The Morgan fingerprint density at radius 2 is 1.84 bits per heavy atom. The monoisotopic (exact) mass is 432 g/mol. The van der Waals surface area contributed by atoms with Crippen LogP contribution < -0.4 is 10.1 Å². The Kier molecular flexibility index (Phi) is 6.86. The first-order chi connectivity index (χ1) is 15.5. The van der Waals surface area contributed by atoms with Gasteiger partial charge in [-0.25, -0.2) is 4.39 Å². The first-order valence-electron chi connectivity index (χ1n) is 11.0. The number of halogens is 1. The summed E-state index contributed by atoms with van der Waals surface area (Å²) in [5.41, 5.74) is 4.13. The summed E-state index contributed by atoms with van der Waals surface area (Å²) in [5.74, 6) is 0.607. The minimum absolute atomic E-state index is 0.0109. The van der Waals surface area contributed by atoms with Crippen LogP contribution in [0.15, 0.2) is 72.8 Å². The van der Waals surface area contributed by atoms with Gasteiger partial charge in [0.1, 0.15) is 11.6 Å². The van der Waals surface area contributed by atoms with Gasteiger partial charge in [-0.05, 0) is 66.8 Å². The van der Waals surface area contributed by atoms with Gasteiger partial charge in [-0.1, -0.05) is 42.0 Å². The highest BCUT2D eigenvalue weighted by Crippen LogP contribution is 2.32. The van der Waals surface area contributed by atoms with E-state index in [1.807, 2.05) is 30.3 Å². The number of hydrogen-bond acceptors (Lipinski definition) is 3. The van der Waals surface area contributed by atoms with Crippen molar-refractivity contribution in [2.24, 2.45) is 5.92 Å². The molecular formula is C27H29FN2O2. The quantitative estimate of drug-likeness (QED) is 0.568. The lowest BCUT2D eigenvalue weighted by Crippen LogP contribution is -2.43. The molecule has 0 aromatic heterocycles. The van der Waals surface area contributed by atoms with Crippen molar-refractivity contribution < 1.29 is 13.9 Å². The molecule has 1 saturated heterocycles. The fourth-order valence-electron chi connectivity index (χ4n) is 4.49. The molecule has 2 atom stereocenters. The van der Waals surface area contributed by atoms with Crippen LogP contribution in [0.3, 0.4) is 0 Å². The number of piperidine rings is 1. The Bertz CT molecular complexity index is 1070. The molecule has 0 saturated carbocycles. The highest BCUT2D eigenvalue weighted by Gasteiger charge is 2.32. The zero-order valence-corrected chi connectivity index (χ0v) is 18.6.